The van der Waals surface area contributed by atoms with Crippen molar-refractivity contribution >= 4 is 11.8 Å². The molecule has 0 aliphatic carbocycles. The lowest BCUT2D eigenvalue weighted by atomic mass is 10.2. The molecule has 0 saturated carbocycles. The monoisotopic (exact) mass is 201 g/mol. The number of nitrogens with two attached hydrogens (primary N) is 1. The highest BCUT2D eigenvalue weighted by Crippen LogP contribution is 1.98. The van der Waals surface area contributed by atoms with Crippen molar-refractivity contribution < 1.29 is 14.3 Å². The van der Waals surface area contributed by atoms with Crippen LogP contribution < -0.4 is 16.4 Å². The Bertz CT molecular complexity index is 220. The van der Waals surface area contributed by atoms with Crippen molar-refractivity contribution in [3.63, 3.8) is 0 Å². The van der Waals surface area contributed by atoms with E-state index < -0.39 is 0 Å². The Balaban J connectivity index is 2.11. The van der Waals surface area contributed by atoms with E-state index in [0.717, 1.165) is 0 Å². The van der Waals surface area contributed by atoms with Gasteiger partial charge in [0.25, 0.3) is 0 Å². The van der Waals surface area contributed by atoms with E-state index in [1.54, 1.807) is 0 Å². The van der Waals surface area contributed by atoms with E-state index in [9.17, 15) is 9.59 Å². The molecule has 6 nitrogen and oxygen atoms in total. The molecule has 14 heavy (non-hydrogen) atoms. The quantitative estimate of drug-likeness (QED) is 0.447. The fourth-order valence-electron chi connectivity index (χ4n) is 1.22. The van der Waals surface area contributed by atoms with E-state index in [1.807, 2.05) is 0 Å². The zero-order chi connectivity index (χ0) is 10.4. The second kappa shape index (κ2) is 5.56. The van der Waals surface area contributed by atoms with Crippen LogP contribution >= 0.6 is 0 Å². The van der Waals surface area contributed by atoms with E-state index in [2.05, 4.69) is 10.6 Å². The van der Waals surface area contributed by atoms with Crippen LogP contribution in [0.5, 0.6) is 0 Å². The number of rotatable bonds is 5. The summed E-state index contributed by atoms with van der Waals surface area (Å²) < 4.78 is 4.94. The molecular formula is C8H15N3O3. The maximum Gasteiger partial charge on any atom is 0.246 e. The molecule has 1 unspecified atom stereocenters. The van der Waals surface area contributed by atoms with Crippen molar-refractivity contribution in [3.05, 3.63) is 0 Å². The number of ether oxygens (including phenoxy) is 1. The van der Waals surface area contributed by atoms with Crippen molar-refractivity contribution in [2.24, 2.45) is 5.73 Å². The average molecular weight is 201 g/mol. The summed E-state index contributed by atoms with van der Waals surface area (Å²) >= 11 is 0. The van der Waals surface area contributed by atoms with Crippen LogP contribution in [0.2, 0.25) is 0 Å². The van der Waals surface area contributed by atoms with Gasteiger partial charge in [0, 0.05) is 19.5 Å². The van der Waals surface area contributed by atoms with Crippen molar-refractivity contribution in [3.8, 4) is 0 Å². The fraction of sp³-hybridized carbons (Fsp3) is 0.750. The summed E-state index contributed by atoms with van der Waals surface area (Å²) in [4.78, 5) is 21.9. The first-order chi connectivity index (χ1) is 6.72. The molecular weight excluding hydrogens is 186 g/mol. The third kappa shape index (κ3) is 3.71. The third-order valence-corrected chi connectivity index (χ3v) is 1.84. The number of carbonyl (C=O) groups excluding carboxylic acids is 2. The molecule has 0 aromatic carbocycles. The topological polar surface area (TPSA) is 93.4 Å². The van der Waals surface area contributed by atoms with Crippen LogP contribution in [0.15, 0.2) is 0 Å². The normalized spacial score (nSPS) is 20.6. The van der Waals surface area contributed by atoms with Crippen molar-refractivity contribution in [2.75, 3.05) is 26.3 Å². The summed E-state index contributed by atoms with van der Waals surface area (Å²) in [5.41, 5.74) is 5.19. The molecule has 2 amide bonds. The predicted octanol–water partition coefficient (Wildman–Crippen LogP) is -2.03. The first-order valence-corrected chi connectivity index (χ1v) is 4.56. The van der Waals surface area contributed by atoms with Crippen LogP contribution in [-0.4, -0.2) is 44.2 Å². The summed E-state index contributed by atoms with van der Waals surface area (Å²) in [5.74, 6) is -0.238. The minimum Gasteiger partial charge on any atom is -0.370 e. The molecule has 6 heteroatoms. The molecule has 0 bridgehead atoms. The largest absolute Gasteiger partial charge is 0.370 e. The Hall–Kier alpha value is -1.14. The van der Waals surface area contributed by atoms with Gasteiger partial charge < -0.3 is 21.1 Å². The molecule has 0 spiro atoms. The van der Waals surface area contributed by atoms with Gasteiger partial charge in [-0.25, -0.2) is 0 Å². The fourth-order valence-corrected chi connectivity index (χ4v) is 1.22. The molecule has 1 rings (SSSR count). The first-order valence-electron chi connectivity index (χ1n) is 4.56. The van der Waals surface area contributed by atoms with Gasteiger partial charge in [0.05, 0.1) is 12.6 Å². The predicted molar refractivity (Wildman–Crippen MR) is 49.4 cm³/mol. The lowest BCUT2D eigenvalue weighted by molar-refractivity contribution is -0.126. The Kier molecular flexibility index (Phi) is 4.34. The van der Waals surface area contributed by atoms with Crippen molar-refractivity contribution in [2.45, 2.75) is 12.5 Å². The van der Waals surface area contributed by atoms with Crippen LogP contribution in [-0.2, 0) is 14.3 Å². The molecule has 0 aromatic heterocycles. The average Bonchev–Trinajstić information content (AvgIpc) is 2.52. The smallest absolute Gasteiger partial charge is 0.246 e. The van der Waals surface area contributed by atoms with Crippen LogP contribution in [0.1, 0.15) is 6.42 Å². The molecule has 1 saturated heterocycles. The summed E-state index contributed by atoms with van der Waals surface area (Å²) in [7, 11) is 0. The third-order valence-electron chi connectivity index (χ3n) is 1.84. The minimum absolute atomic E-state index is 0.00188. The molecule has 0 aromatic rings. The minimum atomic E-state index is -0.208. The Labute approximate surface area is 82.2 Å². The molecule has 1 fully saturated rings. The molecule has 80 valence electrons. The Morgan fingerprint density at radius 3 is 3.07 bits per heavy atom. The first kappa shape index (κ1) is 10.9. The summed E-state index contributed by atoms with van der Waals surface area (Å²) in [6, 6.07) is -0.100. The van der Waals surface area contributed by atoms with Crippen LogP contribution in [0.3, 0.4) is 0 Å². The standard InChI is InChI=1S/C8H15N3O3/c9-1-2-14-5-8(13)11-6-3-7(12)10-4-6/h6H,1-5,9H2,(H,10,12)(H,11,13). The second-order valence-corrected chi connectivity index (χ2v) is 3.11. The number of amides is 2. The number of nitrogens with one attached hydrogen (secondary N) is 2. The van der Waals surface area contributed by atoms with Gasteiger partial charge in [0.15, 0.2) is 0 Å². The van der Waals surface area contributed by atoms with E-state index in [4.69, 9.17) is 10.5 Å². The lowest BCUT2D eigenvalue weighted by Crippen LogP contribution is -2.38. The molecule has 0 radical (unpaired) electrons. The number of hydrogen-bond acceptors (Lipinski definition) is 4. The molecule has 1 heterocycles. The number of hydrogen-bond donors (Lipinski definition) is 3. The van der Waals surface area contributed by atoms with Crippen molar-refractivity contribution in [1.82, 2.24) is 10.6 Å². The van der Waals surface area contributed by atoms with E-state index >= 15 is 0 Å². The maximum absolute atomic E-state index is 11.2. The second-order valence-electron chi connectivity index (χ2n) is 3.11. The molecule has 4 N–H and O–H groups in total. The van der Waals surface area contributed by atoms with Gasteiger partial charge in [-0.05, 0) is 0 Å². The van der Waals surface area contributed by atoms with Gasteiger partial charge in [-0.3, -0.25) is 9.59 Å². The van der Waals surface area contributed by atoms with Gasteiger partial charge >= 0.3 is 0 Å². The van der Waals surface area contributed by atoms with Crippen LogP contribution in [0.25, 0.3) is 0 Å². The summed E-state index contributed by atoms with van der Waals surface area (Å²) in [5, 5.41) is 5.31. The highest BCUT2D eigenvalue weighted by Gasteiger charge is 2.22. The van der Waals surface area contributed by atoms with Gasteiger partial charge in [0.2, 0.25) is 11.8 Å². The zero-order valence-electron chi connectivity index (χ0n) is 7.91. The van der Waals surface area contributed by atoms with Crippen molar-refractivity contribution in [1.29, 1.82) is 0 Å². The van der Waals surface area contributed by atoms with E-state index in [-0.39, 0.29) is 24.5 Å². The van der Waals surface area contributed by atoms with Gasteiger partial charge in [-0.1, -0.05) is 0 Å². The summed E-state index contributed by atoms with van der Waals surface area (Å²) in [6.45, 7) is 1.27. The Morgan fingerprint density at radius 2 is 2.50 bits per heavy atom. The zero-order valence-corrected chi connectivity index (χ0v) is 7.91. The van der Waals surface area contributed by atoms with Gasteiger partial charge in [-0.15, -0.1) is 0 Å². The molecule has 1 aliphatic rings. The highest BCUT2D eigenvalue weighted by atomic mass is 16.5. The van der Waals surface area contributed by atoms with Crippen LogP contribution in [0.4, 0.5) is 0 Å². The van der Waals surface area contributed by atoms with Gasteiger partial charge in [0.1, 0.15) is 6.61 Å². The SMILES string of the molecule is NCCOCC(=O)NC1CNC(=O)C1. The Morgan fingerprint density at radius 1 is 1.71 bits per heavy atom. The van der Waals surface area contributed by atoms with Crippen LogP contribution in [0, 0.1) is 0 Å². The number of carbonyl (C=O) groups is 2. The highest BCUT2D eigenvalue weighted by molar-refractivity contribution is 5.82. The summed E-state index contributed by atoms with van der Waals surface area (Å²) in [6.07, 6.45) is 0.350. The molecule has 1 atom stereocenters. The van der Waals surface area contributed by atoms with E-state index in [0.29, 0.717) is 26.1 Å². The molecule has 1 aliphatic heterocycles. The maximum atomic E-state index is 11.2. The van der Waals surface area contributed by atoms with E-state index in [1.165, 1.54) is 0 Å². The van der Waals surface area contributed by atoms with Gasteiger partial charge in [-0.2, -0.15) is 0 Å². The lowest BCUT2D eigenvalue weighted by Gasteiger charge is -2.09.